The summed E-state index contributed by atoms with van der Waals surface area (Å²) in [6.07, 6.45) is 2.40. The second-order valence-electron chi connectivity index (χ2n) is 5.15. The normalized spacial score (nSPS) is 14.3. The summed E-state index contributed by atoms with van der Waals surface area (Å²) in [4.78, 5) is 12.7. The molecular formula is C17H14ClNO3S2. The average Bonchev–Trinajstić information content (AvgIpc) is 3.12. The Hall–Kier alpha value is -1.76. The van der Waals surface area contributed by atoms with E-state index >= 15 is 0 Å². The maximum Gasteiger partial charge on any atom is 0.267 e. The van der Waals surface area contributed by atoms with E-state index in [-0.39, 0.29) is 21.3 Å². The first-order chi connectivity index (χ1) is 11.5. The predicted octanol–water partition coefficient (Wildman–Crippen LogP) is 4.29. The minimum Gasteiger partial charge on any atom is -0.289 e. The van der Waals surface area contributed by atoms with Gasteiger partial charge in [-0.05, 0) is 24.6 Å². The summed E-state index contributed by atoms with van der Waals surface area (Å²) in [6, 6.07) is 13.2. The highest BCUT2D eigenvalue weighted by molar-refractivity contribution is 8.19. The number of allylic oxidation sites excluding steroid dienone is 1. The number of halogens is 1. The van der Waals surface area contributed by atoms with Gasteiger partial charge in [0.25, 0.3) is 10.0 Å². The number of benzene rings is 2. The first-order valence-corrected chi connectivity index (χ1v) is 10.1. The zero-order valence-electron chi connectivity index (χ0n) is 12.5. The largest absolute Gasteiger partial charge is 0.289 e. The van der Waals surface area contributed by atoms with Gasteiger partial charge in [-0.2, -0.15) is 0 Å². The van der Waals surface area contributed by atoms with Crippen LogP contribution in [-0.2, 0) is 10.0 Å². The van der Waals surface area contributed by atoms with Gasteiger partial charge in [0.15, 0.2) is 5.78 Å². The molecule has 1 aliphatic rings. The van der Waals surface area contributed by atoms with Gasteiger partial charge in [0.2, 0.25) is 0 Å². The van der Waals surface area contributed by atoms with Gasteiger partial charge in [-0.25, -0.2) is 8.42 Å². The topological polar surface area (TPSA) is 63.2 Å². The second-order valence-corrected chi connectivity index (χ2v) is 8.63. The van der Waals surface area contributed by atoms with Crippen molar-refractivity contribution >= 4 is 44.9 Å². The lowest BCUT2D eigenvalue weighted by Gasteiger charge is -2.13. The third kappa shape index (κ3) is 3.66. The molecule has 7 heteroatoms. The molecule has 0 radical (unpaired) electrons. The second kappa shape index (κ2) is 7.01. The van der Waals surface area contributed by atoms with Crippen molar-refractivity contribution in [3.05, 3.63) is 75.0 Å². The number of nitrogens with one attached hydrogen (secondary N) is 1. The highest BCUT2D eigenvalue weighted by Gasteiger charge is 2.24. The Bertz CT molecular complexity index is 909. The maximum atomic E-state index is 12.7. The van der Waals surface area contributed by atoms with Crippen molar-refractivity contribution in [2.75, 3.05) is 10.5 Å². The van der Waals surface area contributed by atoms with Gasteiger partial charge < -0.3 is 0 Å². The van der Waals surface area contributed by atoms with E-state index in [1.807, 2.05) is 6.07 Å². The maximum absolute atomic E-state index is 12.7. The van der Waals surface area contributed by atoms with Crippen LogP contribution in [0.2, 0.25) is 5.02 Å². The third-order valence-electron chi connectivity index (χ3n) is 3.44. The van der Waals surface area contributed by atoms with Crippen LogP contribution >= 0.6 is 23.4 Å². The number of anilines is 1. The molecule has 0 saturated carbocycles. The zero-order chi connectivity index (χ0) is 17.2. The molecule has 0 aliphatic carbocycles. The average molecular weight is 380 g/mol. The van der Waals surface area contributed by atoms with Crippen molar-refractivity contribution in [1.29, 1.82) is 0 Å². The first kappa shape index (κ1) is 17.1. The quantitative estimate of drug-likeness (QED) is 0.787. The molecule has 0 fully saturated rings. The van der Waals surface area contributed by atoms with Crippen LogP contribution in [-0.4, -0.2) is 20.0 Å². The van der Waals surface area contributed by atoms with Gasteiger partial charge in [-0.1, -0.05) is 48.0 Å². The van der Waals surface area contributed by atoms with E-state index in [0.29, 0.717) is 10.6 Å². The zero-order valence-corrected chi connectivity index (χ0v) is 14.9. The number of rotatable bonds is 5. The summed E-state index contributed by atoms with van der Waals surface area (Å²) in [5.74, 6) is 0.455. The smallest absolute Gasteiger partial charge is 0.267 e. The Morgan fingerprint density at radius 2 is 1.88 bits per heavy atom. The predicted molar refractivity (Wildman–Crippen MR) is 99.0 cm³/mol. The molecule has 124 valence electrons. The fraction of sp³-hybridized carbons (Fsp3) is 0.118. The molecule has 0 amide bonds. The van der Waals surface area contributed by atoms with Gasteiger partial charge in [0.1, 0.15) is 4.24 Å². The summed E-state index contributed by atoms with van der Waals surface area (Å²) >= 11 is 7.28. The molecule has 1 aliphatic heterocycles. The van der Waals surface area contributed by atoms with Gasteiger partial charge in [0, 0.05) is 21.9 Å². The van der Waals surface area contributed by atoms with Crippen LogP contribution in [0.3, 0.4) is 0 Å². The lowest BCUT2D eigenvalue weighted by Crippen LogP contribution is -2.16. The lowest BCUT2D eigenvalue weighted by atomic mass is 10.0. The summed E-state index contributed by atoms with van der Waals surface area (Å²) in [5, 5.41) is 0.367. The van der Waals surface area contributed by atoms with Crippen LogP contribution < -0.4 is 4.72 Å². The number of carbonyl (C=O) groups is 1. The van der Waals surface area contributed by atoms with Crippen molar-refractivity contribution in [2.45, 2.75) is 6.42 Å². The Morgan fingerprint density at radius 3 is 2.54 bits per heavy atom. The molecule has 0 spiro atoms. The van der Waals surface area contributed by atoms with Gasteiger partial charge in [-0.15, -0.1) is 11.8 Å². The van der Waals surface area contributed by atoms with Crippen LogP contribution in [0.4, 0.5) is 5.69 Å². The molecule has 2 aromatic rings. The molecule has 1 N–H and O–H groups in total. The molecule has 0 aromatic heterocycles. The summed E-state index contributed by atoms with van der Waals surface area (Å²) < 4.78 is 27.7. The number of hydrogen-bond donors (Lipinski definition) is 1. The van der Waals surface area contributed by atoms with Crippen LogP contribution in [0.25, 0.3) is 0 Å². The molecule has 2 aromatic carbocycles. The monoisotopic (exact) mass is 379 g/mol. The van der Waals surface area contributed by atoms with Gasteiger partial charge in [-0.3, -0.25) is 9.52 Å². The van der Waals surface area contributed by atoms with E-state index in [1.54, 1.807) is 36.4 Å². The van der Waals surface area contributed by atoms with Crippen molar-refractivity contribution < 1.29 is 13.2 Å². The molecule has 4 nitrogen and oxygen atoms in total. The Morgan fingerprint density at radius 1 is 1.12 bits per heavy atom. The third-order valence-corrected chi connectivity index (χ3v) is 6.77. The summed E-state index contributed by atoms with van der Waals surface area (Å²) in [6.45, 7) is 0. The van der Waals surface area contributed by atoms with E-state index in [9.17, 15) is 13.2 Å². The first-order valence-electron chi connectivity index (χ1n) is 7.22. The Labute approximate surface area is 150 Å². The molecule has 0 saturated heterocycles. The summed E-state index contributed by atoms with van der Waals surface area (Å²) in [5.41, 5.74) is 0.914. The van der Waals surface area contributed by atoms with Gasteiger partial charge >= 0.3 is 0 Å². The fourth-order valence-electron chi connectivity index (χ4n) is 2.32. The SMILES string of the molecule is O=C(c1ccccc1)c1cc(Cl)ccc1NS(=O)(=O)C1=CCCS1. The molecule has 1 heterocycles. The van der Waals surface area contributed by atoms with E-state index in [0.717, 1.165) is 12.2 Å². The van der Waals surface area contributed by atoms with Crippen molar-refractivity contribution in [3.63, 3.8) is 0 Å². The molecular weight excluding hydrogens is 366 g/mol. The summed E-state index contributed by atoms with van der Waals surface area (Å²) in [7, 11) is -3.69. The van der Waals surface area contributed by atoms with Crippen LogP contribution in [0.15, 0.2) is 58.8 Å². The number of sulfonamides is 1. The Kier molecular flexibility index (Phi) is 4.99. The van der Waals surface area contributed by atoms with E-state index in [4.69, 9.17) is 11.6 Å². The lowest BCUT2D eigenvalue weighted by molar-refractivity contribution is 0.103. The van der Waals surface area contributed by atoms with E-state index in [1.165, 1.54) is 23.9 Å². The number of ketones is 1. The Balaban J connectivity index is 1.99. The van der Waals surface area contributed by atoms with Crippen LogP contribution in [0.1, 0.15) is 22.3 Å². The van der Waals surface area contributed by atoms with E-state index < -0.39 is 10.0 Å². The minimum absolute atomic E-state index is 0.223. The number of hydrogen-bond acceptors (Lipinski definition) is 4. The van der Waals surface area contributed by atoms with Crippen LogP contribution in [0, 0.1) is 0 Å². The highest BCUT2D eigenvalue weighted by atomic mass is 35.5. The van der Waals surface area contributed by atoms with Crippen molar-refractivity contribution in [2.24, 2.45) is 0 Å². The number of thioether (sulfide) groups is 1. The molecule has 3 rings (SSSR count). The minimum atomic E-state index is -3.69. The van der Waals surface area contributed by atoms with Crippen molar-refractivity contribution in [3.8, 4) is 0 Å². The molecule has 0 unspecified atom stereocenters. The van der Waals surface area contributed by atoms with Crippen LogP contribution in [0.5, 0.6) is 0 Å². The highest BCUT2D eigenvalue weighted by Crippen LogP contribution is 2.32. The van der Waals surface area contributed by atoms with E-state index in [2.05, 4.69) is 4.72 Å². The standard InChI is InChI=1S/C17H14ClNO3S2/c18-13-8-9-15(19-24(21,22)16-7-4-10-23-16)14(11-13)17(20)12-5-2-1-3-6-12/h1-3,5-9,11,19H,4,10H2. The molecule has 24 heavy (non-hydrogen) atoms. The molecule has 0 atom stereocenters. The molecule has 0 bridgehead atoms. The number of carbonyl (C=O) groups excluding carboxylic acids is 1. The van der Waals surface area contributed by atoms with Crippen molar-refractivity contribution in [1.82, 2.24) is 0 Å². The fourth-order valence-corrected chi connectivity index (χ4v) is 5.06. The van der Waals surface area contributed by atoms with Gasteiger partial charge in [0.05, 0.1) is 5.69 Å².